The highest BCUT2D eigenvalue weighted by Crippen LogP contribution is 2.30. The zero-order valence-corrected chi connectivity index (χ0v) is 28.0. The predicted octanol–water partition coefficient (Wildman–Crippen LogP) is 5.89. The maximum atomic E-state index is 13.4. The second-order valence-corrected chi connectivity index (χ2v) is 14.7. The lowest BCUT2D eigenvalue weighted by molar-refractivity contribution is 0.0589. The number of para-hydroxylation sites is 1. The van der Waals surface area contributed by atoms with Crippen molar-refractivity contribution >= 4 is 33.5 Å². The van der Waals surface area contributed by atoms with Crippen LogP contribution in [0.2, 0.25) is 0 Å². The molecule has 0 unspecified atom stereocenters. The van der Waals surface area contributed by atoms with Gasteiger partial charge >= 0.3 is 12.0 Å². The Labute approximate surface area is 270 Å². The minimum Gasteiger partial charge on any atom is -0.464 e. The Morgan fingerprint density at radius 2 is 1.65 bits per heavy atom. The number of nitrogens with one attached hydrogen (secondary N) is 2. The number of rotatable bonds is 8. The second-order valence-electron chi connectivity index (χ2n) is 12.8. The Morgan fingerprint density at radius 1 is 0.978 bits per heavy atom. The molecule has 244 valence electrons. The van der Waals surface area contributed by atoms with E-state index >= 15 is 0 Å². The number of benzene rings is 2. The highest BCUT2D eigenvalue weighted by atomic mass is 32.2. The molecule has 11 nitrogen and oxygen atoms in total. The van der Waals surface area contributed by atoms with Crippen LogP contribution in [0.3, 0.4) is 0 Å². The third-order valence-electron chi connectivity index (χ3n) is 8.42. The van der Waals surface area contributed by atoms with Crippen molar-refractivity contribution in [1.29, 1.82) is 0 Å². The minimum absolute atomic E-state index is 0.0604. The summed E-state index contributed by atoms with van der Waals surface area (Å²) in [7, 11) is -0.971. The van der Waals surface area contributed by atoms with Gasteiger partial charge in [-0.2, -0.15) is 9.40 Å². The van der Waals surface area contributed by atoms with Crippen LogP contribution in [0.25, 0.3) is 5.69 Å². The number of hydrogen-bond acceptors (Lipinski definition) is 6. The summed E-state index contributed by atoms with van der Waals surface area (Å²) < 4.78 is 36.1. The van der Waals surface area contributed by atoms with Crippen molar-refractivity contribution in [3.05, 3.63) is 89.2 Å². The number of methoxy groups -OCH3 is 1. The number of carbonyl (C=O) groups excluding carboxylic acids is 2. The molecule has 0 aliphatic carbocycles. The fourth-order valence-electron chi connectivity index (χ4n) is 5.67. The molecule has 0 saturated carbocycles. The zero-order chi connectivity index (χ0) is 33.2. The van der Waals surface area contributed by atoms with E-state index in [-0.39, 0.29) is 28.1 Å². The van der Waals surface area contributed by atoms with Gasteiger partial charge in [0, 0.05) is 37.3 Å². The van der Waals surface area contributed by atoms with Crippen LogP contribution < -0.4 is 10.6 Å². The third kappa shape index (κ3) is 7.02. The van der Waals surface area contributed by atoms with E-state index in [4.69, 9.17) is 9.84 Å². The molecule has 2 N–H and O–H groups in total. The van der Waals surface area contributed by atoms with E-state index in [1.54, 1.807) is 11.7 Å². The fraction of sp³-hybridized carbons (Fsp3) is 0.382. The molecule has 5 rings (SSSR count). The van der Waals surface area contributed by atoms with Gasteiger partial charge in [-0.25, -0.2) is 22.7 Å². The van der Waals surface area contributed by atoms with Gasteiger partial charge in [0.25, 0.3) is 10.0 Å². The molecule has 0 spiro atoms. The van der Waals surface area contributed by atoms with E-state index in [0.717, 1.165) is 22.5 Å². The van der Waals surface area contributed by atoms with E-state index in [2.05, 4.69) is 31.4 Å². The van der Waals surface area contributed by atoms with Gasteiger partial charge < -0.3 is 14.6 Å². The van der Waals surface area contributed by atoms with Crippen LogP contribution in [0, 0.1) is 12.8 Å². The van der Waals surface area contributed by atoms with Crippen molar-refractivity contribution in [2.75, 3.05) is 30.8 Å². The van der Waals surface area contributed by atoms with Crippen molar-refractivity contribution in [3.63, 3.8) is 0 Å². The molecule has 2 aromatic heterocycles. The second kappa shape index (κ2) is 13.1. The van der Waals surface area contributed by atoms with Crippen LogP contribution >= 0.6 is 0 Å². The molecule has 1 aliphatic rings. The molecule has 1 saturated heterocycles. The highest BCUT2D eigenvalue weighted by molar-refractivity contribution is 7.89. The number of amides is 2. The lowest BCUT2D eigenvalue weighted by Crippen LogP contribution is -2.39. The first-order valence-corrected chi connectivity index (χ1v) is 16.8. The number of hydrogen-bond donors (Lipinski definition) is 2. The first-order valence-electron chi connectivity index (χ1n) is 15.4. The number of esters is 1. The maximum absolute atomic E-state index is 13.4. The normalized spacial score (nSPS) is 14.7. The summed E-state index contributed by atoms with van der Waals surface area (Å²) in [5.74, 6) is 0.207. The Kier molecular flexibility index (Phi) is 9.41. The van der Waals surface area contributed by atoms with Gasteiger partial charge in [-0.15, -0.1) is 0 Å². The largest absolute Gasteiger partial charge is 0.464 e. The first kappa shape index (κ1) is 33.0. The van der Waals surface area contributed by atoms with E-state index < -0.39 is 16.0 Å². The molecule has 2 aromatic carbocycles. The van der Waals surface area contributed by atoms with E-state index in [1.807, 2.05) is 61.5 Å². The van der Waals surface area contributed by atoms with Crippen LogP contribution in [0.15, 0.2) is 71.8 Å². The number of ether oxygens (including phenoxy) is 1. The summed E-state index contributed by atoms with van der Waals surface area (Å²) >= 11 is 0. The molecule has 1 aliphatic heterocycles. The molecule has 1 fully saturated rings. The number of anilines is 2. The van der Waals surface area contributed by atoms with Crippen molar-refractivity contribution < 1.29 is 22.7 Å². The molecule has 2 amide bonds. The lowest BCUT2D eigenvalue weighted by Gasteiger charge is -2.31. The van der Waals surface area contributed by atoms with Crippen molar-refractivity contribution in [1.82, 2.24) is 18.7 Å². The monoisotopic (exact) mass is 646 g/mol. The molecule has 3 heterocycles. The van der Waals surface area contributed by atoms with Crippen molar-refractivity contribution in [2.24, 2.45) is 13.0 Å². The van der Waals surface area contributed by atoms with Crippen LogP contribution in [-0.2, 0) is 33.6 Å². The summed E-state index contributed by atoms with van der Waals surface area (Å²) in [5, 5.41) is 10.9. The Bertz CT molecular complexity index is 1830. The Morgan fingerprint density at radius 3 is 2.30 bits per heavy atom. The molecular formula is C34H42N6O5S. The Balaban J connectivity index is 1.25. The third-order valence-corrected chi connectivity index (χ3v) is 10.4. The van der Waals surface area contributed by atoms with E-state index in [0.29, 0.717) is 43.9 Å². The van der Waals surface area contributed by atoms with Gasteiger partial charge in [-0.3, -0.25) is 5.32 Å². The highest BCUT2D eigenvalue weighted by Gasteiger charge is 2.32. The zero-order valence-electron chi connectivity index (χ0n) is 27.2. The van der Waals surface area contributed by atoms with Gasteiger partial charge in [0.15, 0.2) is 5.03 Å². The van der Waals surface area contributed by atoms with Crippen LogP contribution in [0.4, 0.5) is 16.3 Å². The quantitative estimate of drug-likeness (QED) is 0.230. The number of piperidine rings is 1. The fourth-order valence-corrected chi connectivity index (χ4v) is 7.31. The standard InChI is InChI=1S/C34H42N6O5S/c1-23-11-13-26(14-12-23)40-30(22-29(37-40)34(2,3)4)36-33(42)35-27-10-8-7-9-25(27)21-24-17-19-39(20-18-24)46(43,44)31-16-15-28(38(31)5)32(41)45-6/h7-16,22,24H,17-21H2,1-6H3,(H2,35,36,42). The summed E-state index contributed by atoms with van der Waals surface area (Å²) in [5.41, 5.74) is 4.48. The summed E-state index contributed by atoms with van der Waals surface area (Å²) in [6.45, 7) is 8.99. The number of aryl methyl sites for hydroxylation is 1. The maximum Gasteiger partial charge on any atom is 0.354 e. The number of nitrogens with zero attached hydrogens (tertiary/aromatic N) is 4. The molecular weight excluding hydrogens is 604 g/mol. The number of carbonyl (C=O) groups is 2. The molecule has 0 radical (unpaired) electrons. The first-order chi connectivity index (χ1) is 21.8. The van der Waals surface area contributed by atoms with Gasteiger partial charge in [0.1, 0.15) is 11.5 Å². The number of sulfonamides is 1. The predicted molar refractivity (Wildman–Crippen MR) is 178 cm³/mol. The number of aromatic nitrogens is 3. The minimum atomic E-state index is -3.78. The molecule has 0 bridgehead atoms. The van der Waals surface area contributed by atoms with Crippen molar-refractivity contribution in [2.45, 2.75) is 57.4 Å². The van der Waals surface area contributed by atoms with Crippen LogP contribution in [0.1, 0.15) is 60.9 Å². The molecule has 0 atom stereocenters. The van der Waals surface area contributed by atoms with Gasteiger partial charge in [0.05, 0.1) is 18.5 Å². The number of urea groups is 1. The average Bonchev–Trinajstić information content (AvgIpc) is 3.62. The molecule has 46 heavy (non-hydrogen) atoms. The molecule has 4 aromatic rings. The Hall–Kier alpha value is -4.42. The summed E-state index contributed by atoms with van der Waals surface area (Å²) in [6.07, 6.45) is 2.02. The SMILES string of the molecule is COC(=O)c1ccc(S(=O)(=O)N2CCC(Cc3ccccc3NC(=O)Nc3cc(C(C)(C)C)nn3-c3ccc(C)cc3)CC2)n1C. The topological polar surface area (TPSA) is 128 Å². The van der Waals surface area contributed by atoms with Gasteiger partial charge in [0.2, 0.25) is 0 Å². The summed E-state index contributed by atoms with van der Waals surface area (Å²) in [4.78, 5) is 25.3. The van der Waals surface area contributed by atoms with Crippen LogP contribution in [0.5, 0.6) is 0 Å². The average molecular weight is 647 g/mol. The summed E-state index contributed by atoms with van der Waals surface area (Å²) in [6, 6.07) is 20.1. The smallest absolute Gasteiger partial charge is 0.354 e. The van der Waals surface area contributed by atoms with E-state index in [1.165, 1.54) is 28.1 Å². The van der Waals surface area contributed by atoms with E-state index in [9.17, 15) is 18.0 Å². The van der Waals surface area contributed by atoms with Crippen LogP contribution in [-0.4, -0.2) is 59.3 Å². The van der Waals surface area contributed by atoms with Crippen molar-refractivity contribution in [3.8, 4) is 5.69 Å². The van der Waals surface area contributed by atoms with Gasteiger partial charge in [-0.1, -0.05) is 56.7 Å². The van der Waals surface area contributed by atoms with Gasteiger partial charge in [-0.05, 0) is 68.0 Å². The lowest BCUT2D eigenvalue weighted by atomic mass is 9.90. The molecule has 12 heteroatoms.